The molecule has 9 heteroatoms. The molecule has 1 N–H and O–H groups in total. The second-order valence-corrected chi connectivity index (χ2v) is 6.96. The molecule has 8 nitrogen and oxygen atoms in total. The number of nitrogens with one attached hydrogen (secondary N) is 1. The molecular formula is C19H18BrN3O5. The first-order valence-electron chi connectivity index (χ1n) is 8.68. The van der Waals surface area contributed by atoms with Crippen molar-refractivity contribution in [3.63, 3.8) is 0 Å². The highest BCUT2D eigenvalue weighted by Crippen LogP contribution is 2.28. The van der Waals surface area contributed by atoms with Crippen LogP contribution in [-0.2, 0) is 25.7 Å². The number of hydrogen-bond donors (Lipinski definition) is 1. The maximum absolute atomic E-state index is 12.5. The third-order valence-corrected chi connectivity index (χ3v) is 4.77. The van der Waals surface area contributed by atoms with Crippen LogP contribution >= 0.6 is 15.9 Å². The van der Waals surface area contributed by atoms with Gasteiger partial charge in [0.05, 0.1) is 6.61 Å². The average Bonchev–Trinajstić information content (AvgIpc) is 2.95. The Balaban J connectivity index is 2.09. The number of halogens is 1. The molecule has 1 aliphatic rings. The Bertz CT molecular complexity index is 1020. The minimum absolute atomic E-state index is 0.00510. The molecule has 0 radical (unpaired) electrons. The lowest BCUT2D eigenvalue weighted by molar-refractivity contribution is -0.143. The summed E-state index contributed by atoms with van der Waals surface area (Å²) in [5, 5.41) is 2.91. The van der Waals surface area contributed by atoms with E-state index < -0.39 is 23.8 Å². The van der Waals surface area contributed by atoms with Crippen LogP contribution in [0.15, 0.2) is 34.4 Å². The number of rotatable bonds is 5. The smallest absolute Gasteiger partial charge is 0.331 e. The van der Waals surface area contributed by atoms with Gasteiger partial charge in [-0.2, -0.15) is 0 Å². The van der Waals surface area contributed by atoms with E-state index in [-0.39, 0.29) is 25.3 Å². The molecule has 1 aromatic carbocycles. The van der Waals surface area contributed by atoms with Gasteiger partial charge in [-0.05, 0) is 38.1 Å². The number of carbonyl (C=O) groups is 4. The van der Waals surface area contributed by atoms with E-state index >= 15 is 0 Å². The number of hydrogen-bond acceptors (Lipinski definition) is 5. The number of benzene rings is 1. The first-order valence-corrected chi connectivity index (χ1v) is 9.47. The second kappa shape index (κ2) is 7.97. The van der Waals surface area contributed by atoms with Gasteiger partial charge < -0.3 is 9.30 Å². The van der Waals surface area contributed by atoms with E-state index in [1.54, 1.807) is 24.6 Å². The largest absolute Gasteiger partial charge is 0.465 e. The van der Waals surface area contributed by atoms with E-state index in [4.69, 9.17) is 4.74 Å². The number of fused-ring (bicyclic) bond motifs is 1. The number of ether oxygens (including phenoxy) is 1. The van der Waals surface area contributed by atoms with Crippen molar-refractivity contribution in [1.82, 2.24) is 14.8 Å². The van der Waals surface area contributed by atoms with Crippen LogP contribution in [0.4, 0.5) is 4.79 Å². The average molecular weight is 448 g/mol. The number of imide groups is 2. The number of nitrogens with zero attached hydrogens (tertiary/aromatic N) is 2. The first-order chi connectivity index (χ1) is 13.3. The van der Waals surface area contributed by atoms with Gasteiger partial charge in [0, 0.05) is 33.7 Å². The highest BCUT2D eigenvalue weighted by atomic mass is 79.9. The van der Waals surface area contributed by atoms with E-state index in [1.165, 1.54) is 6.08 Å². The minimum atomic E-state index is -0.749. The topological polar surface area (TPSA) is 97.7 Å². The SMILES string of the molecule is CCOC(=O)Cn1cc(/C=C2\C(=O)NC(=O)N(CC)C2=O)c2cc(Br)ccc21. The van der Waals surface area contributed by atoms with Gasteiger partial charge in [0.15, 0.2) is 0 Å². The van der Waals surface area contributed by atoms with Crippen LogP contribution in [0.3, 0.4) is 0 Å². The molecule has 3 rings (SSSR count). The molecule has 0 bridgehead atoms. The van der Waals surface area contributed by atoms with Gasteiger partial charge in [0.25, 0.3) is 11.8 Å². The van der Waals surface area contributed by atoms with E-state index in [9.17, 15) is 19.2 Å². The van der Waals surface area contributed by atoms with Gasteiger partial charge >= 0.3 is 12.0 Å². The molecule has 2 aromatic rings. The van der Waals surface area contributed by atoms with E-state index in [1.807, 2.05) is 18.2 Å². The predicted molar refractivity (Wildman–Crippen MR) is 105 cm³/mol. The lowest BCUT2D eigenvalue weighted by Crippen LogP contribution is -2.53. The van der Waals surface area contributed by atoms with Crippen LogP contribution in [0.2, 0.25) is 0 Å². The van der Waals surface area contributed by atoms with Crippen molar-refractivity contribution >= 4 is 56.7 Å². The molecule has 1 fully saturated rings. The standard InChI is InChI=1S/C19H18BrN3O5/c1-3-23-18(26)14(17(25)21-19(23)27)7-11-9-22(10-16(24)28-4-2)15-6-5-12(20)8-13(11)15/h5-9H,3-4,10H2,1-2H3,(H,21,25,27)/b14-7+. The number of carbonyl (C=O) groups excluding carboxylic acids is 4. The van der Waals surface area contributed by atoms with Crippen LogP contribution < -0.4 is 5.32 Å². The molecule has 146 valence electrons. The molecule has 4 amide bonds. The van der Waals surface area contributed by atoms with Crippen molar-refractivity contribution in [2.75, 3.05) is 13.2 Å². The minimum Gasteiger partial charge on any atom is -0.465 e. The molecule has 0 saturated carbocycles. The normalized spacial score (nSPS) is 16.0. The molecule has 28 heavy (non-hydrogen) atoms. The Kier molecular flexibility index (Phi) is 5.64. The summed E-state index contributed by atoms with van der Waals surface area (Å²) in [6.07, 6.45) is 3.11. The summed E-state index contributed by atoms with van der Waals surface area (Å²) in [6, 6.07) is 4.75. The van der Waals surface area contributed by atoms with Gasteiger partial charge in [0.2, 0.25) is 0 Å². The summed E-state index contributed by atoms with van der Waals surface area (Å²) in [4.78, 5) is 49.4. The zero-order valence-corrected chi connectivity index (χ0v) is 16.9. The molecule has 1 aromatic heterocycles. The summed E-state index contributed by atoms with van der Waals surface area (Å²) in [5.41, 5.74) is 1.18. The van der Waals surface area contributed by atoms with Crippen LogP contribution in [0.1, 0.15) is 19.4 Å². The van der Waals surface area contributed by atoms with Crippen molar-refractivity contribution in [3.05, 3.63) is 40.0 Å². The summed E-state index contributed by atoms with van der Waals surface area (Å²) in [7, 11) is 0. The second-order valence-electron chi connectivity index (χ2n) is 6.05. The molecule has 0 spiro atoms. The maximum Gasteiger partial charge on any atom is 0.331 e. The van der Waals surface area contributed by atoms with Crippen molar-refractivity contribution in [2.45, 2.75) is 20.4 Å². The number of amides is 4. The fourth-order valence-corrected chi connectivity index (χ4v) is 3.39. The van der Waals surface area contributed by atoms with Gasteiger partial charge in [-0.3, -0.25) is 24.6 Å². The first kappa shape index (κ1) is 19.8. The van der Waals surface area contributed by atoms with Crippen molar-refractivity contribution in [3.8, 4) is 0 Å². The van der Waals surface area contributed by atoms with Crippen LogP contribution in [0.25, 0.3) is 17.0 Å². The quantitative estimate of drug-likeness (QED) is 0.431. The van der Waals surface area contributed by atoms with Crippen molar-refractivity contribution in [2.24, 2.45) is 0 Å². The molecule has 0 aliphatic carbocycles. The Hall–Kier alpha value is -2.94. The Morgan fingerprint density at radius 3 is 2.68 bits per heavy atom. The lowest BCUT2D eigenvalue weighted by atomic mass is 10.1. The maximum atomic E-state index is 12.5. The van der Waals surface area contributed by atoms with Gasteiger partial charge in [-0.15, -0.1) is 0 Å². The van der Waals surface area contributed by atoms with Crippen molar-refractivity contribution in [1.29, 1.82) is 0 Å². The van der Waals surface area contributed by atoms with Crippen LogP contribution in [0.5, 0.6) is 0 Å². The highest BCUT2D eigenvalue weighted by molar-refractivity contribution is 9.10. The highest BCUT2D eigenvalue weighted by Gasteiger charge is 2.34. The monoisotopic (exact) mass is 447 g/mol. The summed E-state index contributed by atoms with van der Waals surface area (Å²) < 4.78 is 7.50. The number of barbiturate groups is 1. The van der Waals surface area contributed by atoms with Crippen molar-refractivity contribution < 1.29 is 23.9 Å². The van der Waals surface area contributed by atoms with Gasteiger partial charge in [0.1, 0.15) is 12.1 Å². The molecule has 1 aliphatic heterocycles. The Morgan fingerprint density at radius 2 is 2.00 bits per heavy atom. The molecular weight excluding hydrogens is 430 g/mol. The zero-order chi connectivity index (χ0) is 20.4. The third-order valence-electron chi connectivity index (χ3n) is 4.28. The van der Waals surface area contributed by atoms with E-state index in [2.05, 4.69) is 21.2 Å². The summed E-state index contributed by atoms with van der Waals surface area (Å²) >= 11 is 3.41. The van der Waals surface area contributed by atoms with Gasteiger partial charge in [-0.25, -0.2) is 4.79 Å². The zero-order valence-electron chi connectivity index (χ0n) is 15.3. The third kappa shape index (κ3) is 3.70. The molecule has 0 atom stereocenters. The number of urea groups is 1. The van der Waals surface area contributed by atoms with Crippen LogP contribution in [0, 0.1) is 0 Å². The lowest BCUT2D eigenvalue weighted by Gasteiger charge is -2.24. The van der Waals surface area contributed by atoms with E-state index in [0.29, 0.717) is 5.56 Å². The number of likely N-dealkylation sites (N-methyl/N-ethyl adjacent to an activating group) is 1. The molecule has 2 heterocycles. The number of aromatic nitrogens is 1. The predicted octanol–water partition coefficient (Wildman–Crippen LogP) is 2.45. The fourth-order valence-electron chi connectivity index (χ4n) is 3.03. The fraction of sp³-hybridized carbons (Fsp3) is 0.263. The molecule has 0 unspecified atom stereocenters. The van der Waals surface area contributed by atoms with Gasteiger partial charge in [-0.1, -0.05) is 15.9 Å². The van der Waals surface area contributed by atoms with Crippen LogP contribution in [-0.4, -0.2) is 46.4 Å². The van der Waals surface area contributed by atoms with E-state index in [0.717, 1.165) is 20.3 Å². The molecule has 1 saturated heterocycles. The summed E-state index contributed by atoms with van der Waals surface area (Å²) in [6.45, 7) is 3.79. The number of esters is 1. The summed E-state index contributed by atoms with van der Waals surface area (Å²) in [5.74, 6) is -1.80. The Morgan fingerprint density at radius 1 is 1.25 bits per heavy atom. The Labute approximate surface area is 169 Å².